The maximum absolute atomic E-state index is 11.6. The molecule has 2 rings (SSSR count). The minimum Gasteiger partial charge on any atom is -0.490 e. The third-order valence-corrected chi connectivity index (χ3v) is 5.55. The number of unbranched alkanes of at least 4 members (excludes halogenated alkanes) is 4. The Morgan fingerprint density at radius 1 is 0.811 bits per heavy atom. The Bertz CT molecular complexity index is 1040. The van der Waals surface area contributed by atoms with Gasteiger partial charge >= 0.3 is 11.9 Å². The van der Waals surface area contributed by atoms with Gasteiger partial charge in [0.15, 0.2) is 5.75 Å². The highest BCUT2D eigenvalue weighted by Gasteiger charge is 2.12. The second-order valence-corrected chi connectivity index (χ2v) is 8.47. The highest BCUT2D eigenvalue weighted by atomic mass is 17.2. The summed E-state index contributed by atoms with van der Waals surface area (Å²) in [6.45, 7) is 8.28. The number of aryl methyl sites for hydroxylation is 1. The van der Waals surface area contributed by atoms with Crippen molar-refractivity contribution in [2.45, 2.75) is 45.4 Å². The third kappa shape index (κ3) is 10.1. The molecule has 37 heavy (non-hydrogen) atoms. The molecule has 0 radical (unpaired) electrons. The van der Waals surface area contributed by atoms with Crippen molar-refractivity contribution in [3.05, 3.63) is 72.3 Å². The van der Waals surface area contributed by atoms with Crippen molar-refractivity contribution in [2.75, 3.05) is 26.4 Å². The summed E-state index contributed by atoms with van der Waals surface area (Å²) in [6.07, 6.45) is 6.65. The van der Waals surface area contributed by atoms with Crippen LogP contribution in [0.3, 0.4) is 0 Å². The Balaban J connectivity index is 2.07. The van der Waals surface area contributed by atoms with Crippen molar-refractivity contribution in [1.82, 2.24) is 0 Å². The molecule has 0 saturated heterocycles. The zero-order valence-corrected chi connectivity index (χ0v) is 21.4. The van der Waals surface area contributed by atoms with Gasteiger partial charge in [-0.25, -0.2) is 14.5 Å². The molecule has 2 aromatic carbocycles. The molecule has 0 aliphatic rings. The predicted molar refractivity (Wildman–Crippen MR) is 140 cm³/mol. The minimum atomic E-state index is -0.833. The number of aliphatic hydroxyl groups excluding tert-OH is 2. The molecule has 0 aliphatic carbocycles. The summed E-state index contributed by atoms with van der Waals surface area (Å²) in [5, 5.41) is 17.9. The number of ether oxygens (including phenoxy) is 2. The molecule has 8 heteroatoms. The van der Waals surface area contributed by atoms with Gasteiger partial charge in [0, 0.05) is 0 Å². The fraction of sp³-hybridized carbons (Fsp3) is 0.379. The van der Waals surface area contributed by atoms with Gasteiger partial charge in [0.2, 0.25) is 0 Å². The van der Waals surface area contributed by atoms with E-state index in [9.17, 15) is 9.59 Å². The van der Waals surface area contributed by atoms with Crippen LogP contribution in [0.4, 0.5) is 0 Å². The summed E-state index contributed by atoms with van der Waals surface area (Å²) in [5.74, 6) is -0.474. The van der Waals surface area contributed by atoms with Crippen LogP contribution in [0, 0.1) is 0 Å². The average Bonchev–Trinajstić information content (AvgIpc) is 2.93. The molecule has 0 amide bonds. The number of aliphatic hydroxyl groups is 2. The van der Waals surface area contributed by atoms with E-state index in [2.05, 4.69) is 25.0 Å². The van der Waals surface area contributed by atoms with E-state index in [-0.39, 0.29) is 24.4 Å². The van der Waals surface area contributed by atoms with Gasteiger partial charge < -0.3 is 19.7 Å². The molecule has 0 heterocycles. The van der Waals surface area contributed by atoms with E-state index in [0.717, 1.165) is 36.0 Å². The fourth-order valence-electron chi connectivity index (χ4n) is 3.43. The number of esters is 1. The standard InChI is InChI=1S/C29H36O8/c1-4-5-6-7-8-9-24-18-26(34-16-17-35-28(32)21(2)19-30)14-15-27(24)23-10-12-25(13-11-23)36-37-29(33)22(3)20-31/h10-15,18,30-31H,2-9,16-17,19-20H2,1H3. The van der Waals surface area contributed by atoms with Gasteiger partial charge in [-0.3, -0.25) is 4.89 Å². The van der Waals surface area contributed by atoms with Crippen LogP contribution in [0.15, 0.2) is 66.8 Å². The van der Waals surface area contributed by atoms with Gasteiger partial charge in [-0.15, -0.1) is 0 Å². The van der Waals surface area contributed by atoms with Crippen LogP contribution >= 0.6 is 0 Å². The maximum atomic E-state index is 11.6. The van der Waals surface area contributed by atoms with E-state index >= 15 is 0 Å². The molecule has 200 valence electrons. The summed E-state index contributed by atoms with van der Waals surface area (Å²) >= 11 is 0. The Hall–Kier alpha value is -3.62. The second-order valence-electron chi connectivity index (χ2n) is 8.47. The fourth-order valence-corrected chi connectivity index (χ4v) is 3.43. The molecule has 8 nitrogen and oxygen atoms in total. The van der Waals surface area contributed by atoms with Gasteiger partial charge in [-0.1, -0.05) is 64.0 Å². The highest BCUT2D eigenvalue weighted by molar-refractivity contribution is 5.88. The van der Waals surface area contributed by atoms with Gasteiger partial charge in [-0.2, -0.15) is 0 Å². The molecule has 0 spiro atoms. The molecular formula is C29H36O8. The lowest BCUT2D eigenvalue weighted by Gasteiger charge is -2.14. The van der Waals surface area contributed by atoms with Crippen molar-refractivity contribution < 1.29 is 39.1 Å². The van der Waals surface area contributed by atoms with Gasteiger partial charge in [0.1, 0.15) is 19.0 Å². The van der Waals surface area contributed by atoms with Crippen LogP contribution < -0.4 is 9.62 Å². The summed E-state index contributed by atoms with van der Waals surface area (Å²) < 4.78 is 10.8. The molecule has 0 bridgehead atoms. The zero-order chi connectivity index (χ0) is 27.0. The van der Waals surface area contributed by atoms with E-state index in [1.807, 2.05) is 30.3 Å². The Morgan fingerprint density at radius 2 is 1.46 bits per heavy atom. The molecule has 0 unspecified atom stereocenters. The monoisotopic (exact) mass is 512 g/mol. The van der Waals surface area contributed by atoms with E-state index in [4.69, 9.17) is 24.6 Å². The first-order valence-corrected chi connectivity index (χ1v) is 12.4. The molecular weight excluding hydrogens is 476 g/mol. The van der Waals surface area contributed by atoms with Gasteiger partial charge in [0.05, 0.1) is 24.4 Å². The number of rotatable bonds is 17. The summed E-state index contributed by atoms with van der Waals surface area (Å²) in [4.78, 5) is 32.9. The topological polar surface area (TPSA) is 112 Å². The minimum absolute atomic E-state index is 0.0000856. The maximum Gasteiger partial charge on any atom is 0.383 e. The largest absolute Gasteiger partial charge is 0.490 e. The Labute approximate surface area is 218 Å². The number of hydrogen-bond donors (Lipinski definition) is 2. The first kappa shape index (κ1) is 29.6. The van der Waals surface area contributed by atoms with Crippen LogP contribution in [0.2, 0.25) is 0 Å². The lowest BCUT2D eigenvalue weighted by atomic mass is 9.95. The molecule has 0 aromatic heterocycles. The summed E-state index contributed by atoms with van der Waals surface area (Å²) in [5.41, 5.74) is 3.03. The number of benzene rings is 2. The predicted octanol–water partition coefficient (Wildman–Crippen LogP) is 4.72. The van der Waals surface area contributed by atoms with Crippen LogP contribution in [-0.4, -0.2) is 48.6 Å². The zero-order valence-electron chi connectivity index (χ0n) is 21.4. The van der Waals surface area contributed by atoms with Crippen molar-refractivity contribution in [1.29, 1.82) is 0 Å². The van der Waals surface area contributed by atoms with Crippen molar-refractivity contribution >= 4 is 11.9 Å². The van der Waals surface area contributed by atoms with Crippen molar-refractivity contribution in [3.8, 4) is 22.6 Å². The van der Waals surface area contributed by atoms with E-state index in [0.29, 0.717) is 11.5 Å². The van der Waals surface area contributed by atoms with Crippen LogP contribution in [0.25, 0.3) is 11.1 Å². The van der Waals surface area contributed by atoms with Gasteiger partial charge in [0.25, 0.3) is 0 Å². The lowest BCUT2D eigenvalue weighted by Crippen LogP contribution is -2.15. The quantitative estimate of drug-likeness (QED) is 0.103. The number of hydrogen-bond acceptors (Lipinski definition) is 8. The Kier molecular flexibility index (Phi) is 13.0. The smallest absolute Gasteiger partial charge is 0.383 e. The normalized spacial score (nSPS) is 10.5. The van der Waals surface area contributed by atoms with E-state index < -0.39 is 25.2 Å². The van der Waals surface area contributed by atoms with E-state index in [1.165, 1.54) is 19.3 Å². The third-order valence-electron chi connectivity index (χ3n) is 5.55. The number of carbonyl (C=O) groups is 2. The first-order chi connectivity index (χ1) is 17.9. The first-order valence-electron chi connectivity index (χ1n) is 12.4. The molecule has 0 saturated carbocycles. The summed E-state index contributed by atoms with van der Waals surface area (Å²) in [7, 11) is 0. The van der Waals surface area contributed by atoms with Crippen LogP contribution in [0.1, 0.15) is 44.6 Å². The Morgan fingerprint density at radius 3 is 2.14 bits per heavy atom. The van der Waals surface area contributed by atoms with Crippen molar-refractivity contribution in [3.63, 3.8) is 0 Å². The molecule has 0 atom stereocenters. The number of carbonyl (C=O) groups excluding carboxylic acids is 2. The van der Waals surface area contributed by atoms with Crippen LogP contribution in [-0.2, 0) is 25.6 Å². The summed E-state index contributed by atoms with van der Waals surface area (Å²) in [6, 6.07) is 13.0. The second kappa shape index (κ2) is 16.2. The van der Waals surface area contributed by atoms with E-state index in [1.54, 1.807) is 12.1 Å². The molecule has 0 aliphatic heterocycles. The van der Waals surface area contributed by atoms with Crippen molar-refractivity contribution in [2.24, 2.45) is 0 Å². The molecule has 0 fully saturated rings. The SMILES string of the molecule is C=C(CO)C(=O)OCCOc1ccc(-c2ccc(OOC(=O)C(=C)CO)cc2)c(CCCCCCC)c1. The lowest BCUT2D eigenvalue weighted by molar-refractivity contribution is -0.209. The van der Waals surface area contributed by atoms with Gasteiger partial charge in [-0.05, 0) is 53.8 Å². The highest BCUT2D eigenvalue weighted by Crippen LogP contribution is 2.30. The molecule has 2 N–H and O–H groups in total. The van der Waals surface area contributed by atoms with Crippen LogP contribution in [0.5, 0.6) is 11.5 Å². The average molecular weight is 513 g/mol. The molecule has 2 aromatic rings.